The molecular weight excluding hydrogens is 476 g/mol. The van der Waals surface area contributed by atoms with E-state index in [-0.39, 0.29) is 12.5 Å². The lowest BCUT2D eigenvalue weighted by atomic mass is 9.68. The Bertz CT molecular complexity index is 1540. The molecule has 2 amide bonds. The van der Waals surface area contributed by atoms with Gasteiger partial charge in [0.15, 0.2) is 5.41 Å². The van der Waals surface area contributed by atoms with Gasteiger partial charge in [-0.2, -0.15) is 0 Å². The van der Waals surface area contributed by atoms with Crippen molar-refractivity contribution in [1.82, 2.24) is 0 Å². The number of methoxy groups -OCH3 is 1. The number of carbonyl (C=O) groups is 3. The standard InChI is InChI=1S/C32H26N2O4/c1-38-31(37)32(25-17-9-11-19-27(25)34(30(32)36)21-23-14-6-3-7-15-23)28-24-16-8-10-18-26(24)33(29(28)35)20-22-12-4-2-5-13-22/h2-19,28H,20-21H2,1H3. The molecule has 4 aromatic carbocycles. The zero-order valence-corrected chi connectivity index (χ0v) is 20.9. The zero-order valence-electron chi connectivity index (χ0n) is 20.9. The number of rotatable bonds is 6. The number of benzene rings is 4. The first-order valence-electron chi connectivity index (χ1n) is 12.6. The number of amides is 2. The Labute approximate surface area is 221 Å². The number of esters is 1. The van der Waals surface area contributed by atoms with Crippen LogP contribution in [-0.4, -0.2) is 24.9 Å². The first kappa shape index (κ1) is 23.7. The van der Waals surface area contributed by atoms with Crippen molar-refractivity contribution < 1.29 is 19.1 Å². The average molecular weight is 503 g/mol. The van der Waals surface area contributed by atoms with Crippen LogP contribution >= 0.6 is 0 Å². The van der Waals surface area contributed by atoms with Gasteiger partial charge in [-0.05, 0) is 28.8 Å². The van der Waals surface area contributed by atoms with Gasteiger partial charge in [-0.3, -0.25) is 14.4 Å². The molecule has 0 fully saturated rings. The number of nitrogens with zero attached hydrogens (tertiary/aromatic N) is 2. The number of carbonyl (C=O) groups excluding carboxylic acids is 3. The predicted octanol–water partition coefficient (Wildman–Crippen LogP) is 4.97. The third-order valence-corrected chi connectivity index (χ3v) is 7.56. The quantitative estimate of drug-likeness (QED) is 0.276. The van der Waals surface area contributed by atoms with Gasteiger partial charge in [0.05, 0.1) is 26.1 Å². The molecule has 0 radical (unpaired) electrons. The summed E-state index contributed by atoms with van der Waals surface area (Å²) >= 11 is 0. The van der Waals surface area contributed by atoms with Crippen molar-refractivity contribution in [3.8, 4) is 0 Å². The zero-order chi connectivity index (χ0) is 26.3. The fourth-order valence-corrected chi connectivity index (χ4v) is 5.89. The predicted molar refractivity (Wildman–Crippen MR) is 145 cm³/mol. The molecule has 2 atom stereocenters. The molecule has 0 bridgehead atoms. The van der Waals surface area contributed by atoms with Gasteiger partial charge in [0, 0.05) is 16.9 Å². The Balaban J connectivity index is 1.53. The van der Waals surface area contributed by atoms with E-state index in [4.69, 9.17) is 4.74 Å². The van der Waals surface area contributed by atoms with Crippen molar-refractivity contribution in [2.75, 3.05) is 16.9 Å². The van der Waals surface area contributed by atoms with Crippen LogP contribution in [0.3, 0.4) is 0 Å². The number of para-hydroxylation sites is 2. The lowest BCUT2D eigenvalue weighted by Crippen LogP contribution is -2.53. The van der Waals surface area contributed by atoms with Crippen molar-refractivity contribution in [1.29, 1.82) is 0 Å². The highest BCUT2D eigenvalue weighted by Crippen LogP contribution is 2.55. The van der Waals surface area contributed by atoms with Crippen LogP contribution in [0.5, 0.6) is 0 Å². The Morgan fingerprint density at radius 1 is 0.711 bits per heavy atom. The molecule has 4 aromatic rings. The van der Waals surface area contributed by atoms with E-state index in [1.807, 2.05) is 97.1 Å². The number of hydrogen-bond acceptors (Lipinski definition) is 4. The smallest absolute Gasteiger partial charge is 0.327 e. The fraction of sp³-hybridized carbons (Fsp3) is 0.156. The molecule has 0 N–H and O–H groups in total. The van der Waals surface area contributed by atoms with Crippen molar-refractivity contribution in [2.24, 2.45) is 0 Å². The summed E-state index contributed by atoms with van der Waals surface area (Å²) in [7, 11) is 1.27. The first-order chi connectivity index (χ1) is 18.6. The Hall–Kier alpha value is -4.71. The molecule has 0 saturated carbocycles. The number of anilines is 2. The molecule has 6 nitrogen and oxygen atoms in total. The first-order valence-corrected chi connectivity index (χ1v) is 12.6. The van der Waals surface area contributed by atoms with Crippen LogP contribution in [0.15, 0.2) is 109 Å². The van der Waals surface area contributed by atoms with E-state index in [0.717, 1.165) is 11.1 Å². The maximum atomic E-state index is 14.6. The summed E-state index contributed by atoms with van der Waals surface area (Å²) in [5, 5.41) is 0. The molecule has 2 aliphatic rings. The van der Waals surface area contributed by atoms with Gasteiger partial charge in [-0.25, -0.2) is 0 Å². The fourth-order valence-electron chi connectivity index (χ4n) is 5.89. The summed E-state index contributed by atoms with van der Waals surface area (Å²) in [6, 6.07) is 33.9. The Morgan fingerprint density at radius 3 is 1.87 bits per heavy atom. The van der Waals surface area contributed by atoms with Gasteiger partial charge >= 0.3 is 5.97 Å². The van der Waals surface area contributed by atoms with E-state index in [2.05, 4.69) is 0 Å². The van der Waals surface area contributed by atoms with E-state index < -0.39 is 23.2 Å². The highest BCUT2D eigenvalue weighted by molar-refractivity contribution is 6.26. The third-order valence-electron chi connectivity index (χ3n) is 7.56. The summed E-state index contributed by atoms with van der Waals surface area (Å²) in [6.45, 7) is 0.597. The molecule has 0 aromatic heterocycles. The van der Waals surface area contributed by atoms with E-state index in [1.165, 1.54) is 7.11 Å². The minimum atomic E-state index is -1.85. The van der Waals surface area contributed by atoms with Crippen molar-refractivity contribution >= 4 is 29.2 Å². The van der Waals surface area contributed by atoms with Gasteiger partial charge in [0.1, 0.15) is 0 Å². The number of hydrogen-bond donors (Lipinski definition) is 0. The second kappa shape index (κ2) is 9.30. The van der Waals surface area contributed by atoms with E-state index in [1.54, 1.807) is 21.9 Å². The lowest BCUT2D eigenvalue weighted by Gasteiger charge is -2.31. The van der Waals surface area contributed by atoms with Crippen LogP contribution in [0, 0.1) is 0 Å². The van der Waals surface area contributed by atoms with Crippen LogP contribution in [0.2, 0.25) is 0 Å². The van der Waals surface area contributed by atoms with Crippen molar-refractivity contribution in [3.05, 3.63) is 131 Å². The minimum Gasteiger partial charge on any atom is -0.468 e. The molecule has 2 unspecified atom stereocenters. The van der Waals surface area contributed by atoms with Crippen molar-refractivity contribution in [2.45, 2.75) is 24.4 Å². The summed E-state index contributed by atoms with van der Waals surface area (Å²) < 4.78 is 5.34. The molecule has 188 valence electrons. The third kappa shape index (κ3) is 3.44. The van der Waals surface area contributed by atoms with Crippen LogP contribution in [-0.2, 0) is 37.6 Å². The second-order valence-electron chi connectivity index (χ2n) is 9.60. The molecule has 0 aliphatic carbocycles. The molecule has 6 heteroatoms. The SMILES string of the molecule is COC(=O)C1(C2C(=O)N(Cc3ccccc3)c3ccccc32)C(=O)N(Cc2ccccc2)c2ccccc21. The highest BCUT2D eigenvalue weighted by Gasteiger charge is 2.66. The summed E-state index contributed by atoms with van der Waals surface area (Å²) in [6.07, 6.45) is 0. The monoisotopic (exact) mass is 502 g/mol. The Kier molecular flexibility index (Phi) is 5.80. The Morgan fingerprint density at radius 2 is 1.24 bits per heavy atom. The van der Waals surface area contributed by atoms with Crippen LogP contribution < -0.4 is 9.80 Å². The molecule has 38 heavy (non-hydrogen) atoms. The van der Waals surface area contributed by atoms with E-state index in [9.17, 15) is 14.4 Å². The molecule has 6 rings (SSSR count). The van der Waals surface area contributed by atoms with E-state index in [0.29, 0.717) is 29.0 Å². The summed E-state index contributed by atoms with van der Waals surface area (Å²) in [5.74, 6) is -2.56. The van der Waals surface area contributed by atoms with Crippen LogP contribution in [0.25, 0.3) is 0 Å². The average Bonchev–Trinajstić information content (AvgIpc) is 3.37. The van der Waals surface area contributed by atoms with E-state index >= 15 is 0 Å². The van der Waals surface area contributed by atoms with Crippen molar-refractivity contribution in [3.63, 3.8) is 0 Å². The molecule has 0 spiro atoms. The minimum absolute atomic E-state index is 0.270. The van der Waals surface area contributed by atoms with Gasteiger partial charge in [-0.1, -0.05) is 97.1 Å². The number of fused-ring (bicyclic) bond motifs is 2. The summed E-state index contributed by atoms with van der Waals surface area (Å²) in [4.78, 5) is 46.1. The normalized spacial score (nSPS) is 19.9. The maximum absolute atomic E-state index is 14.6. The number of ether oxygens (including phenoxy) is 1. The van der Waals surface area contributed by atoms with Gasteiger partial charge < -0.3 is 14.5 Å². The second-order valence-corrected chi connectivity index (χ2v) is 9.60. The topological polar surface area (TPSA) is 66.9 Å². The highest BCUT2D eigenvalue weighted by atomic mass is 16.5. The molecule has 2 aliphatic heterocycles. The molecule has 0 saturated heterocycles. The largest absolute Gasteiger partial charge is 0.468 e. The molecular formula is C32H26N2O4. The van der Waals surface area contributed by atoms with Crippen LogP contribution in [0.1, 0.15) is 28.2 Å². The molecule has 2 heterocycles. The van der Waals surface area contributed by atoms with Gasteiger partial charge in [0.2, 0.25) is 5.91 Å². The maximum Gasteiger partial charge on any atom is 0.327 e. The van der Waals surface area contributed by atoms with Gasteiger partial charge in [0.25, 0.3) is 5.91 Å². The van der Waals surface area contributed by atoms with Gasteiger partial charge in [-0.15, -0.1) is 0 Å². The van der Waals surface area contributed by atoms with Crippen LogP contribution in [0.4, 0.5) is 11.4 Å². The lowest BCUT2D eigenvalue weighted by molar-refractivity contribution is -0.154. The summed E-state index contributed by atoms with van der Waals surface area (Å²) in [5.41, 5.74) is 2.46.